The van der Waals surface area contributed by atoms with Crippen molar-refractivity contribution in [2.45, 2.75) is 16.0 Å². The fourth-order valence-corrected chi connectivity index (χ4v) is 18.3. The van der Waals surface area contributed by atoms with Crippen LogP contribution in [0.4, 0.5) is 98.5 Å². The molecule has 108 heavy (non-hydrogen) atoms. The van der Waals surface area contributed by atoms with Crippen molar-refractivity contribution in [3.8, 4) is 44.5 Å². The Bertz CT molecular complexity index is 6130. The summed E-state index contributed by atoms with van der Waals surface area (Å²) in [7, 11) is 0. The number of anilines is 15. The van der Waals surface area contributed by atoms with Crippen molar-refractivity contribution < 1.29 is 13.2 Å². The number of para-hydroxylation sites is 8. The molecule has 5 nitrogen and oxygen atoms in total. The van der Waals surface area contributed by atoms with E-state index in [-0.39, 0.29) is 6.71 Å². The zero-order chi connectivity index (χ0) is 72.0. The molecule has 0 fully saturated rings. The average molecular weight is 1410 g/mol. The SMILES string of the molecule is FC(F)(F)c1ccc(N2c3cc4c(cc3B3c5ccccc5N(c5ccccc5-c5ccccc5)c5cc(N(c6ccccc6)c6ccccc6-c6ccccc6)cc2c53)B2c3ccccc3N(c3ccccc3-c3ccccc3)c3cc(N(c5ccccc5)c5ccccc5-c5ccccc5)cc(c32)S4)cc1. The van der Waals surface area contributed by atoms with Crippen LogP contribution in [0.5, 0.6) is 0 Å². The standard InChI is InChI=1S/C97H64B2F3N5S/c100-97(101,102)69-55-57-72(58-56-69)105-89-64-93-82(99-80-48-24-30-54-88(80)107(86-52-28-22-46-78(86)68-37-13-4-14-38-68)92-61-74(62-94(108-93)96(92)99)104(71-41-17-6-18-42-71)84-50-26-20-44-76(84)66-33-9-2-10-34-66)63-81(89)98-79-47-23-29-53-87(79)106(85-51-27-21-45-77(85)67-35-11-3-12-36-67)91-60-73(59-90(105)95(91)98)103(70-39-15-5-16-40-70)83-49-25-19-43-75(83)65-31-7-1-8-32-65/h1-64H. The van der Waals surface area contributed by atoms with E-state index in [0.29, 0.717) is 5.69 Å². The number of halogens is 3. The van der Waals surface area contributed by atoms with Gasteiger partial charge in [0.05, 0.1) is 34.0 Å². The van der Waals surface area contributed by atoms with Crippen LogP contribution in [0, 0.1) is 0 Å². The van der Waals surface area contributed by atoms with E-state index in [1.165, 1.54) is 17.6 Å². The molecular weight excluding hydrogens is 1350 g/mol. The third kappa shape index (κ3) is 10.8. The van der Waals surface area contributed by atoms with Gasteiger partial charge in [-0.15, -0.1) is 0 Å². The maximum absolute atomic E-state index is 15.2. The van der Waals surface area contributed by atoms with Crippen molar-refractivity contribution >= 4 is 143 Å². The molecule has 0 N–H and O–H groups in total. The predicted octanol–water partition coefficient (Wildman–Crippen LogP) is 23.2. The molecule has 0 amide bonds. The summed E-state index contributed by atoms with van der Waals surface area (Å²) in [6.45, 7) is -0.678. The Kier molecular flexibility index (Phi) is 15.8. The molecule has 0 atom stereocenters. The molecule has 4 aliphatic rings. The van der Waals surface area contributed by atoms with Crippen molar-refractivity contribution in [3.05, 3.63) is 394 Å². The van der Waals surface area contributed by atoms with Gasteiger partial charge in [0.2, 0.25) is 6.71 Å². The Balaban J connectivity index is 0.882. The lowest BCUT2D eigenvalue weighted by molar-refractivity contribution is -0.137. The van der Waals surface area contributed by atoms with Gasteiger partial charge < -0.3 is 24.5 Å². The van der Waals surface area contributed by atoms with Crippen molar-refractivity contribution in [2.75, 3.05) is 24.5 Å². The number of benzene rings is 16. The minimum absolute atomic E-state index is 0.288. The van der Waals surface area contributed by atoms with Crippen LogP contribution >= 0.6 is 11.8 Å². The minimum atomic E-state index is -4.59. The maximum Gasteiger partial charge on any atom is 0.416 e. The van der Waals surface area contributed by atoms with Crippen molar-refractivity contribution in [2.24, 2.45) is 0 Å². The molecular formula is C97H64B2F3N5S. The van der Waals surface area contributed by atoms with Crippen molar-refractivity contribution in [3.63, 3.8) is 0 Å². The number of hydrogen-bond acceptors (Lipinski definition) is 6. The lowest BCUT2D eigenvalue weighted by Gasteiger charge is -2.46. The monoisotopic (exact) mass is 1410 g/mol. The summed E-state index contributed by atoms with van der Waals surface area (Å²) >= 11 is 1.77. The summed E-state index contributed by atoms with van der Waals surface area (Å²) < 4.78 is 45.6. The van der Waals surface area contributed by atoms with E-state index in [2.05, 4.69) is 376 Å². The van der Waals surface area contributed by atoms with E-state index < -0.39 is 18.5 Å². The molecule has 0 bridgehead atoms. The van der Waals surface area contributed by atoms with Crippen LogP contribution in [0.15, 0.2) is 398 Å². The highest BCUT2D eigenvalue weighted by molar-refractivity contribution is 8.00. The molecule has 0 aromatic heterocycles. The Morgan fingerprint density at radius 2 is 0.611 bits per heavy atom. The second kappa shape index (κ2) is 26.4. The normalized spacial score (nSPS) is 12.8. The Morgan fingerprint density at radius 1 is 0.250 bits per heavy atom. The Labute approximate surface area is 631 Å². The molecule has 0 saturated heterocycles. The lowest BCUT2D eigenvalue weighted by Crippen LogP contribution is -2.64. The van der Waals surface area contributed by atoms with Crippen LogP contribution in [-0.2, 0) is 6.18 Å². The second-order valence-corrected chi connectivity index (χ2v) is 28.8. The van der Waals surface area contributed by atoms with Gasteiger partial charge in [-0.3, -0.25) is 0 Å². The van der Waals surface area contributed by atoms with E-state index in [4.69, 9.17) is 0 Å². The fourth-order valence-electron chi connectivity index (χ4n) is 17.1. The molecule has 0 aliphatic carbocycles. The Morgan fingerprint density at radius 3 is 1.07 bits per heavy atom. The summed E-state index contributed by atoms with van der Waals surface area (Å²) in [5.74, 6) is 0. The molecule has 16 aromatic rings. The average Bonchev–Trinajstić information content (AvgIpc) is 0.687. The van der Waals surface area contributed by atoms with Gasteiger partial charge in [0.25, 0.3) is 6.71 Å². The zero-order valence-electron chi connectivity index (χ0n) is 58.4. The molecule has 510 valence electrons. The first-order chi connectivity index (χ1) is 53.3. The van der Waals surface area contributed by atoms with E-state index in [0.717, 1.165) is 161 Å². The van der Waals surface area contributed by atoms with E-state index in [9.17, 15) is 0 Å². The summed E-state index contributed by atoms with van der Waals surface area (Å²) in [5, 5.41) is 0. The molecule has 4 heterocycles. The molecule has 0 spiro atoms. The molecule has 0 radical (unpaired) electrons. The van der Waals surface area contributed by atoms with Crippen LogP contribution in [-0.4, -0.2) is 13.4 Å². The second-order valence-electron chi connectivity index (χ2n) is 27.7. The number of fused-ring (bicyclic) bond motifs is 8. The number of hydrogen-bond donors (Lipinski definition) is 0. The quantitative estimate of drug-likeness (QED) is 0.106. The van der Waals surface area contributed by atoms with E-state index >= 15 is 13.2 Å². The topological polar surface area (TPSA) is 16.2 Å². The van der Waals surface area contributed by atoms with Gasteiger partial charge in [-0.05, 0) is 165 Å². The molecule has 16 aromatic carbocycles. The van der Waals surface area contributed by atoms with Gasteiger partial charge in [-0.1, -0.05) is 290 Å². The highest BCUT2D eigenvalue weighted by atomic mass is 32.2. The first kappa shape index (κ1) is 64.4. The van der Waals surface area contributed by atoms with Gasteiger partial charge in [0, 0.05) is 88.9 Å². The fraction of sp³-hybridized carbons (Fsp3) is 0.0103. The first-order valence-electron chi connectivity index (χ1n) is 36.5. The van der Waals surface area contributed by atoms with Crippen LogP contribution < -0.4 is 57.3 Å². The van der Waals surface area contributed by atoms with Crippen LogP contribution in [0.1, 0.15) is 5.56 Å². The minimum Gasteiger partial charge on any atom is -0.311 e. The molecule has 20 rings (SSSR count). The summed E-state index contributed by atoms with van der Waals surface area (Å²) in [4.78, 5) is 14.1. The Hall–Kier alpha value is -13.2. The molecule has 0 saturated carbocycles. The highest BCUT2D eigenvalue weighted by Crippen LogP contribution is 2.54. The number of rotatable bonds is 13. The van der Waals surface area contributed by atoms with E-state index in [1.807, 2.05) is 12.1 Å². The van der Waals surface area contributed by atoms with Crippen LogP contribution in [0.2, 0.25) is 0 Å². The first-order valence-corrected chi connectivity index (χ1v) is 37.3. The van der Waals surface area contributed by atoms with Gasteiger partial charge in [-0.2, -0.15) is 13.2 Å². The predicted molar refractivity (Wildman–Crippen MR) is 446 cm³/mol. The van der Waals surface area contributed by atoms with Crippen molar-refractivity contribution in [1.29, 1.82) is 0 Å². The van der Waals surface area contributed by atoms with Crippen LogP contribution in [0.3, 0.4) is 0 Å². The summed E-state index contributed by atoms with van der Waals surface area (Å²) in [6.07, 6.45) is -4.59. The van der Waals surface area contributed by atoms with Gasteiger partial charge in [0.1, 0.15) is 0 Å². The van der Waals surface area contributed by atoms with Crippen molar-refractivity contribution in [1.82, 2.24) is 0 Å². The highest BCUT2D eigenvalue weighted by Gasteiger charge is 2.48. The van der Waals surface area contributed by atoms with Gasteiger partial charge in [-0.25, -0.2) is 0 Å². The third-order valence-corrected chi connectivity index (χ3v) is 22.8. The number of nitrogens with zero attached hydrogens (tertiary/aromatic N) is 5. The largest absolute Gasteiger partial charge is 0.416 e. The molecule has 0 unspecified atom stereocenters. The summed E-state index contributed by atoms with van der Waals surface area (Å²) in [5.41, 5.74) is 28.7. The number of alkyl halides is 3. The zero-order valence-corrected chi connectivity index (χ0v) is 59.2. The van der Waals surface area contributed by atoms with E-state index in [1.54, 1.807) is 23.9 Å². The van der Waals surface area contributed by atoms with Gasteiger partial charge >= 0.3 is 6.18 Å². The molecule has 4 aliphatic heterocycles. The maximum atomic E-state index is 15.2. The summed E-state index contributed by atoms with van der Waals surface area (Å²) in [6, 6.07) is 136. The smallest absolute Gasteiger partial charge is 0.311 e. The molecule has 11 heteroatoms. The lowest BCUT2D eigenvalue weighted by atomic mass is 9.31. The van der Waals surface area contributed by atoms with Crippen LogP contribution in [0.25, 0.3) is 44.5 Å². The van der Waals surface area contributed by atoms with Gasteiger partial charge in [0.15, 0.2) is 0 Å². The third-order valence-electron chi connectivity index (χ3n) is 21.7.